The second-order valence-corrected chi connectivity index (χ2v) is 9.72. The summed E-state index contributed by atoms with van der Waals surface area (Å²) in [5.74, 6) is -1.34. The summed E-state index contributed by atoms with van der Waals surface area (Å²) in [6, 6.07) is 10.8. The first-order valence-corrected chi connectivity index (χ1v) is 12.0. The lowest BCUT2D eigenvalue weighted by Gasteiger charge is -2.20. The Morgan fingerprint density at radius 2 is 1.72 bits per heavy atom. The lowest BCUT2D eigenvalue weighted by Crippen LogP contribution is -2.40. The number of carbonyl (C=O) groups excluding carboxylic acids is 2. The summed E-state index contributed by atoms with van der Waals surface area (Å²) in [7, 11) is -3.88. The Morgan fingerprint density at radius 1 is 1.06 bits per heavy atom. The standard InChI is InChI=1S/C23H29N3O5S/c1-16-6-9-20(10-7-16)32(29,30)25-18(3)23(28)31-15-22(27)24-19-8-11-21(17(2)14-19)26-12-4-5-13-26/h6-11,14,18,25H,4-5,12-13,15H2,1-3H3,(H,24,27)/t18-/m0/s1. The number of esters is 1. The van der Waals surface area contributed by atoms with Crippen LogP contribution in [-0.2, 0) is 24.3 Å². The number of ether oxygens (including phenoxy) is 1. The fourth-order valence-corrected chi connectivity index (χ4v) is 4.76. The largest absolute Gasteiger partial charge is 0.454 e. The molecule has 1 aliphatic rings. The average Bonchev–Trinajstić information content (AvgIpc) is 3.26. The molecule has 9 heteroatoms. The first kappa shape index (κ1) is 23.7. The van der Waals surface area contributed by atoms with Crippen LogP contribution >= 0.6 is 0 Å². The highest BCUT2D eigenvalue weighted by molar-refractivity contribution is 7.89. The van der Waals surface area contributed by atoms with E-state index in [9.17, 15) is 18.0 Å². The van der Waals surface area contributed by atoms with Crippen molar-refractivity contribution in [3.05, 3.63) is 53.6 Å². The number of amides is 1. The summed E-state index contributed by atoms with van der Waals surface area (Å²) in [6.07, 6.45) is 2.37. The van der Waals surface area contributed by atoms with Gasteiger partial charge in [-0.25, -0.2) is 8.42 Å². The smallest absolute Gasteiger partial charge is 0.324 e. The monoisotopic (exact) mass is 459 g/mol. The topological polar surface area (TPSA) is 105 Å². The number of aryl methyl sites for hydroxylation is 2. The number of anilines is 2. The van der Waals surface area contributed by atoms with Crippen molar-refractivity contribution < 1.29 is 22.7 Å². The van der Waals surface area contributed by atoms with Gasteiger partial charge in [-0.1, -0.05) is 17.7 Å². The number of carbonyl (C=O) groups is 2. The third-order valence-corrected chi connectivity index (χ3v) is 6.85. The third-order valence-electron chi connectivity index (χ3n) is 5.29. The van der Waals surface area contributed by atoms with Crippen molar-refractivity contribution in [2.45, 2.75) is 44.6 Å². The van der Waals surface area contributed by atoms with E-state index in [1.165, 1.54) is 31.9 Å². The van der Waals surface area contributed by atoms with E-state index in [-0.39, 0.29) is 4.90 Å². The van der Waals surface area contributed by atoms with E-state index in [1.54, 1.807) is 12.1 Å². The zero-order chi connectivity index (χ0) is 23.3. The summed E-state index contributed by atoms with van der Waals surface area (Å²) in [4.78, 5) is 26.7. The van der Waals surface area contributed by atoms with Crippen LogP contribution in [0.1, 0.15) is 30.9 Å². The highest BCUT2D eigenvalue weighted by atomic mass is 32.2. The van der Waals surface area contributed by atoms with E-state index in [0.717, 1.165) is 29.9 Å². The molecule has 1 saturated heterocycles. The summed E-state index contributed by atoms with van der Waals surface area (Å²) in [6.45, 7) is 6.76. The minimum Gasteiger partial charge on any atom is -0.454 e. The number of nitrogens with zero attached hydrogens (tertiary/aromatic N) is 1. The summed E-state index contributed by atoms with van der Waals surface area (Å²) >= 11 is 0. The molecule has 0 radical (unpaired) electrons. The Kier molecular flexibility index (Phi) is 7.52. The lowest BCUT2D eigenvalue weighted by atomic mass is 10.1. The molecule has 1 atom stereocenters. The lowest BCUT2D eigenvalue weighted by molar-refractivity contribution is -0.148. The molecule has 0 bridgehead atoms. The molecule has 1 fully saturated rings. The number of nitrogens with one attached hydrogen (secondary N) is 2. The molecule has 0 unspecified atom stereocenters. The number of sulfonamides is 1. The van der Waals surface area contributed by atoms with Gasteiger partial charge in [0.15, 0.2) is 6.61 Å². The molecule has 0 aliphatic carbocycles. The Labute approximate surface area is 189 Å². The Morgan fingerprint density at radius 3 is 2.34 bits per heavy atom. The fraction of sp³-hybridized carbons (Fsp3) is 0.391. The highest BCUT2D eigenvalue weighted by Crippen LogP contribution is 2.26. The summed E-state index contributed by atoms with van der Waals surface area (Å²) < 4.78 is 32.0. The zero-order valence-corrected chi connectivity index (χ0v) is 19.4. The minimum atomic E-state index is -3.88. The normalized spacial score (nSPS) is 14.8. The predicted octanol–water partition coefficient (Wildman–Crippen LogP) is 2.75. The number of hydrogen-bond acceptors (Lipinski definition) is 6. The Hall–Kier alpha value is -2.91. The van der Waals surface area contributed by atoms with E-state index in [1.807, 2.05) is 32.0 Å². The molecule has 1 heterocycles. The summed E-state index contributed by atoms with van der Waals surface area (Å²) in [5.41, 5.74) is 3.74. The second-order valence-electron chi connectivity index (χ2n) is 8.01. The predicted molar refractivity (Wildman–Crippen MR) is 123 cm³/mol. The van der Waals surface area contributed by atoms with Crippen LogP contribution in [-0.4, -0.2) is 46.0 Å². The molecule has 0 aromatic heterocycles. The van der Waals surface area contributed by atoms with Crippen LogP contribution < -0.4 is 14.9 Å². The van der Waals surface area contributed by atoms with Crippen molar-refractivity contribution in [1.29, 1.82) is 0 Å². The average molecular weight is 460 g/mol. The Balaban J connectivity index is 1.50. The van der Waals surface area contributed by atoms with Crippen LogP contribution in [0.25, 0.3) is 0 Å². The van der Waals surface area contributed by atoms with Crippen LogP contribution in [0, 0.1) is 13.8 Å². The van der Waals surface area contributed by atoms with E-state index < -0.39 is 34.5 Å². The van der Waals surface area contributed by atoms with Crippen molar-refractivity contribution >= 4 is 33.3 Å². The van der Waals surface area contributed by atoms with Gasteiger partial charge < -0.3 is 15.0 Å². The van der Waals surface area contributed by atoms with Gasteiger partial charge >= 0.3 is 5.97 Å². The highest BCUT2D eigenvalue weighted by Gasteiger charge is 2.23. The molecule has 2 aromatic carbocycles. The Bertz CT molecular complexity index is 1080. The molecule has 8 nitrogen and oxygen atoms in total. The van der Waals surface area contributed by atoms with Gasteiger partial charge in [-0.05, 0) is 69.5 Å². The first-order valence-electron chi connectivity index (χ1n) is 10.6. The first-order chi connectivity index (χ1) is 15.2. The van der Waals surface area contributed by atoms with Gasteiger partial charge in [0.2, 0.25) is 10.0 Å². The van der Waals surface area contributed by atoms with Crippen LogP contribution in [0.15, 0.2) is 47.4 Å². The maximum absolute atomic E-state index is 12.4. The molecule has 1 amide bonds. The van der Waals surface area contributed by atoms with Crippen molar-refractivity contribution in [1.82, 2.24) is 4.72 Å². The summed E-state index contributed by atoms with van der Waals surface area (Å²) in [5, 5.41) is 2.70. The molecule has 0 spiro atoms. The molecule has 32 heavy (non-hydrogen) atoms. The quantitative estimate of drug-likeness (QED) is 0.588. The van der Waals surface area contributed by atoms with Crippen LogP contribution in [0.2, 0.25) is 0 Å². The fourth-order valence-electron chi connectivity index (χ4n) is 3.57. The maximum Gasteiger partial charge on any atom is 0.324 e. The van der Waals surface area contributed by atoms with Crippen molar-refractivity contribution in [2.24, 2.45) is 0 Å². The van der Waals surface area contributed by atoms with Gasteiger partial charge in [0.1, 0.15) is 6.04 Å². The van der Waals surface area contributed by atoms with E-state index >= 15 is 0 Å². The van der Waals surface area contributed by atoms with Crippen molar-refractivity contribution in [2.75, 3.05) is 29.9 Å². The minimum absolute atomic E-state index is 0.0493. The van der Waals surface area contributed by atoms with Crippen LogP contribution in [0.4, 0.5) is 11.4 Å². The van der Waals surface area contributed by atoms with E-state index in [0.29, 0.717) is 5.69 Å². The molecular weight excluding hydrogens is 430 g/mol. The van der Waals surface area contributed by atoms with Crippen LogP contribution in [0.3, 0.4) is 0 Å². The molecule has 3 rings (SSSR count). The van der Waals surface area contributed by atoms with Gasteiger partial charge in [0.05, 0.1) is 4.90 Å². The molecule has 2 aromatic rings. The van der Waals surface area contributed by atoms with Gasteiger partial charge in [-0.3, -0.25) is 9.59 Å². The van der Waals surface area contributed by atoms with Gasteiger partial charge in [-0.15, -0.1) is 0 Å². The maximum atomic E-state index is 12.4. The third kappa shape index (κ3) is 6.08. The van der Waals surface area contributed by atoms with Gasteiger partial charge in [-0.2, -0.15) is 4.72 Å². The molecular formula is C23H29N3O5S. The van der Waals surface area contributed by atoms with Crippen LogP contribution in [0.5, 0.6) is 0 Å². The van der Waals surface area contributed by atoms with Crippen molar-refractivity contribution in [3.63, 3.8) is 0 Å². The molecule has 172 valence electrons. The SMILES string of the molecule is Cc1ccc(S(=O)(=O)N[C@@H](C)C(=O)OCC(=O)Nc2ccc(N3CCCC3)c(C)c2)cc1. The number of hydrogen-bond donors (Lipinski definition) is 2. The molecule has 0 saturated carbocycles. The van der Waals surface area contributed by atoms with E-state index in [4.69, 9.17) is 4.74 Å². The van der Waals surface area contributed by atoms with Gasteiger partial charge in [0.25, 0.3) is 5.91 Å². The number of rotatable bonds is 8. The van der Waals surface area contributed by atoms with E-state index in [2.05, 4.69) is 14.9 Å². The van der Waals surface area contributed by atoms with Crippen molar-refractivity contribution in [3.8, 4) is 0 Å². The number of benzene rings is 2. The molecule has 2 N–H and O–H groups in total. The van der Waals surface area contributed by atoms with Gasteiger partial charge in [0, 0.05) is 24.5 Å². The second kappa shape index (κ2) is 10.1. The molecule has 1 aliphatic heterocycles. The zero-order valence-electron chi connectivity index (χ0n) is 18.6.